The minimum Gasteiger partial charge on any atom is -0.446 e. The van der Waals surface area contributed by atoms with Crippen LogP contribution in [0.15, 0.2) is 51.7 Å². The molecule has 0 aliphatic heterocycles. The van der Waals surface area contributed by atoms with Gasteiger partial charge >= 0.3 is 0 Å². The van der Waals surface area contributed by atoms with Crippen molar-refractivity contribution in [3.63, 3.8) is 0 Å². The van der Waals surface area contributed by atoms with Gasteiger partial charge in [-0.1, -0.05) is 44.2 Å². The number of oxazole rings is 2. The summed E-state index contributed by atoms with van der Waals surface area (Å²) in [5.41, 5.74) is 12.3. The number of carbonyl (C=O) groups is 2. The van der Waals surface area contributed by atoms with E-state index in [4.69, 9.17) is 20.3 Å². The van der Waals surface area contributed by atoms with Gasteiger partial charge in [-0.25, -0.2) is 9.97 Å². The van der Waals surface area contributed by atoms with Crippen LogP contribution in [0.4, 0.5) is 0 Å². The number of nitrogens with zero attached hydrogens (tertiary/aromatic N) is 2. The van der Waals surface area contributed by atoms with E-state index in [-0.39, 0.29) is 29.1 Å². The maximum absolute atomic E-state index is 12.7. The number of carbonyl (C=O) groups excluding carboxylic acids is 2. The molecule has 3 rings (SSSR count). The van der Waals surface area contributed by atoms with Crippen molar-refractivity contribution in [2.45, 2.75) is 32.4 Å². The van der Waals surface area contributed by atoms with E-state index in [1.54, 1.807) is 0 Å². The Bertz CT molecular complexity index is 980. The van der Waals surface area contributed by atoms with Crippen molar-refractivity contribution in [2.24, 2.45) is 17.4 Å². The number of aromatic nitrogens is 2. The summed E-state index contributed by atoms with van der Waals surface area (Å²) in [4.78, 5) is 32.3. The van der Waals surface area contributed by atoms with Crippen LogP contribution >= 0.6 is 0 Å². The molecule has 0 spiro atoms. The Labute approximate surface area is 167 Å². The Kier molecular flexibility index (Phi) is 6.08. The van der Waals surface area contributed by atoms with E-state index < -0.39 is 23.9 Å². The molecule has 0 bridgehead atoms. The van der Waals surface area contributed by atoms with Crippen LogP contribution in [0.2, 0.25) is 0 Å². The minimum absolute atomic E-state index is 0.0149. The lowest BCUT2D eigenvalue weighted by atomic mass is 10.1. The lowest BCUT2D eigenvalue weighted by Gasteiger charge is -2.15. The van der Waals surface area contributed by atoms with Gasteiger partial charge in [-0.15, -0.1) is 0 Å². The van der Waals surface area contributed by atoms with Crippen LogP contribution in [0.5, 0.6) is 0 Å². The van der Waals surface area contributed by atoms with Crippen LogP contribution in [0.3, 0.4) is 0 Å². The SMILES string of the molecule is CC(C)[C@H](N)c1nc(C(=O)N[C@@H](Cc2ccccc2)c2nc(C(N)=O)co2)co1. The van der Waals surface area contributed by atoms with Gasteiger partial charge in [0.25, 0.3) is 11.8 Å². The molecule has 0 aliphatic carbocycles. The number of nitrogens with one attached hydrogen (secondary N) is 1. The van der Waals surface area contributed by atoms with Crippen molar-refractivity contribution in [3.8, 4) is 0 Å². The first-order chi connectivity index (χ1) is 13.8. The predicted octanol–water partition coefficient (Wildman–Crippen LogP) is 2.13. The highest BCUT2D eigenvalue weighted by atomic mass is 16.3. The van der Waals surface area contributed by atoms with E-state index in [0.717, 1.165) is 11.8 Å². The highest BCUT2D eigenvalue weighted by Crippen LogP contribution is 2.21. The largest absolute Gasteiger partial charge is 0.446 e. The number of hydrogen-bond donors (Lipinski definition) is 3. The summed E-state index contributed by atoms with van der Waals surface area (Å²) in [7, 11) is 0. The number of primary amides is 1. The summed E-state index contributed by atoms with van der Waals surface area (Å²) in [5.74, 6) is -0.630. The van der Waals surface area contributed by atoms with Gasteiger partial charge in [-0.2, -0.15) is 0 Å². The molecule has 3 aromatic rings. The summed E-state index contributed by atoms with van der Waals surface area (Å²) in [6, 6.07) is 8.42. The molecule has 29 heavy (non-hydrogen) atoms. The fourth-order valence-electron chi connectivity index (χ4n) is 2.67. The van der Waals surface area contributed by atoms with Crippen LogP contribution in [-0.2, 0) is 6.42 Å². The summed E-state index contributed by atoms with van der Waals surface area (Å²) in [6.45, 7) is 3.87. The van der Waals surface area contributed by atoms with Gasteiger partial charge in [0.15, 0.2) is 11.4 Å². The molecule has 9 nitrogen and oxygen atoms in total. The molecular formula is C20H23N5O4. The Morgan fingerprint density at radius 3 is 2.28 bits per heavy atom. The van der Waals surface area contributed by atoms with Crippen molar-refractivity contribution < 1.29 is 18.4 Å². The van der Waals surface area contributed by atoms with Crippen molar-refractivity contribution in [1.29, 1.82) is 0 Å². The Hall–Kier alpha value is -3.46. The van der Waals surface area contributed by atoms with Crippen LogP contribution < -0.4 is 16.8 Å². The number of nitrogens with two attached hydrogens (primary N) is 2. The van der Waals surface area contributed by atoms with Crippen LogP contribution in [0.25, 0.3) is 0 Å². The molecule has 9 heteroatoms. The van der Waals surface area contributed by atoms with E-state index in [2.05, 4.69) is 15.3 Å². The lowest BCUT2D eigenvalue weighted by molar-refractivity contribution is 0.0924. The second kappa shape index (κ2) is 8.70. The van der Waals surface area contributed by atoms with Crippen LogP contribution in [-0.4, -0.2) is 21.8 Å². The van der Waals surface area contributed by atoms with Gasteiger partial charge in [0, 0.05) is 6.42 Å². The Morgan fingerprint density at radius 2 is 1.66 bits per heavy atom. The zero-order chi connectivity index (χ0) is 21.0. The second-order valence-corrected chi connectivity index (χ2v) is 6.99. The average Bonchev–Trinajstić information content (AvgIpc) is 3.37. The molecular weight excluding hydrogens is 374 g/mol. The highest BCUT2D eigenvalue weighted by molar-refractivity contribution is 5.92. The van der Waals surface area contributed by atoms with Gasteiger partial charge in [0.1, 0.15) is 18.6 Å². The molecule has 5 N–H and O–H groups in total. The van der Waals surface area contributed by atoms with Gasteiger partial charge < -0.3 is 25.6 Å². The first-order valence-corrected chi connectivity index (χ1v) is 9.16. The zero-order valence-corrected chi connectivity index (χ0v) is 16.2. The third-order valence-corrected chi connectivity index (χ3v) is 4.42. The minimum atomic E-state index is -0.714. The van der Waals surface area contributed by atoms with E-state index in [0.29, 0.717) is 6.42 Å². The molecule has 0 fully saturated rings. The molecule has 152 valence electrons. The Morgan fingerprint density at radius 1 is 1.03 bits per heavy atom. The van der Waals surface area contributed by atoms with E-state index in [1.165, 1.54) is 6.26 Å². The smallest absolute Gasteiger partial charge is 0.273 e. The van der Waals surface area contributed by atoms with Gasteiger partial charge in [0.05, 0.1) is 6.04 Å². The molecule has 1 aromatic carbocycles. The zero-order valence-electron chi connectivity index (χ0n) is 16.2. The van der Waals surface area contributed by atoms with Crippen molar-refractivity contribution in [1.82, 2.24) is 15.3 Å². The van der Waals surface area contributed by atoms with Crippen LogP contribution in [0.1, 0.15) is 64.3 Å². The van der Waals surface area contributed by atoms with Crippen molar-refractivity contribution in [3.05, 3.63) is 71.6 Å². The predicted molar refractivity (Wildman–Crippen MR) is 104 cm³/mol. The van der Waals surface area contributed by atoms with E-state index in [9.17, 15) is 9.59 Å². The molecule has 2 atom stereocenters. The molecule has 0 unspecified atom stereocenters. The fraction of sp³-hybridized carbons (Fsp3) is 0.300. The third kappa shape index (κ3) is 4.88. The molecule has 0 saturated heterocycles. The summed E-state index contributed by atoms with van der Waals surface area (Å²) in [5, 5.41) is 2.82. The second-order valence-electron chi connectivity index (χ2n) is 6.99. The molecule has 0 aliphatic rings. The first-order valence-electron chi connectivity index (χ1n) is 9.16. The van der Waals surface area contributed by atoms with Crippen LogP contribution in [0, 0.1) is 5.92 Å². The van der Waals surface area contributed by atoms with E-state index >= 15 is 0 Å². The topological polar surface area (TPSA) is 150 Å². The molecule has 2 amide bonds. The van der Waals surface area contributed by atoms with Gasteiger partial charge in [-0.3, -0.25) is 9.59 Å². The number of amides is 2. The maximum Gasteiger partial charge on any atom is 0.273 e. The molecule has 0 radical (unpaired) electrons. The summed E-state index contributed by atoms with van der Waals surface area (Å²) < 4.78 is 10.7. The van der Waals surface area contributed by atoms with Crippen molar-refractivity contribution >= 4 is 11.8 Å². The summed E-state index contributed by atoms with van der Waals surface area (Å²) >= 11 is 0. The van der Waals surface area contributed by atoms with Gasteiger partial charge in [-0.05, 0) is 11.5 Å². The van der Waals surface area contributed by atoms with Crippen molar-refractivity contribution in [2.75, 3.05) is 0 Å². The molecule has 2 aromatic heterocycles. The molecule has 2 heterocycles. The first kappa shape index (κ1) is 20.3. The Balaban J connectivity index is 1.82. The normalized spacial score (nSPS) is 13.2. The highest BCUT2D eigenvalue weighted by Gasteiger charge is 2.25. The average molecular weight is 397 g/mol. The van der Waals surface area contributed by atoms with E-state index in [1.807, 2.05) is 44.2 Å². The number of hydrogen-bond acceptors (Lipinski definition) is 7. The maximum atomic E-state index is 12.7. The van der Waals surface area contributed by atoms with Gasteiger partial charge in [0.2, 0.25) is 11.8 Å². The fourth-order valence-corrected chi connectivity index (χ4v) is 2.67. The lowest BCUT2D eigenvalue weighted by Crippen LogP contribution is -2.30. The molecule has 0 saturated carbocycles. The number of rotatable bonds is 8. The standard InChI is InChI=1S/C20H23N5O4/c1-11(2)16(21)20-25-15(10-29-20)18(27)23-13(8-12-6-4-3-5-7-12)19-24-14(9-28-19)17(22)26/h3-7,9-11,13,16H,8,21H2,1-2H3,(H2,22,26)(H,23,27)/t13-,16-/m0/s1. The third-order valence-electron chi connectivity index (χ3n) is 4.42. The summed E-state index contributed by atoms with van der Waals surface area (Å²) in [6.07, 6.45) is 2.82. The quantitative estimate of drug-likeness (QED) is 0.527. The monoisotopic (exact) mass is 397 g/mol. The number of benzene rings is 1.